The van der Waals surface area contributed by atoms with Gasteiger partial charge in [0.25, 0.3) is 0 Å². The van der Waals surface area contributed by atoms with Gasteiger partial charge in [-0.15, -0.1) is 0 Å². The van der Waals surface area contributed by atoms with E-state index in [4.69, 9.17) is 4.74 Å². The van der Waals surface area contributed by atoms with E-state index in [2.05, 4.69) is 5.32 Å². The first-order chi connectivity index (χ1) is 12.9. The van der Waals surface area contributed by atoms with E-state index in [0.29, 0.717) is 23.2 Å². The number of carbonyl (C=O) groups is 4. The summed E-state index contributed by atoms with van der Waals surface area (Å²) in [5, 5.41) is 2.98. The minimum atomic E-state index is -0.436. The Labute approximate surface area is 178 Å². The molecule has 1 heterocycles. The third-order valence-electron chi connectivity index (χ3n) is 4.86. The average Bonchev–Trinajstić information content (AvgIpc) is 2.83. The van der Waals surface area contributed by atoms with Crippen LogP contribution in [-0.2, 0) is 23.9 Å². The van der Waals surface area contributed by atoms with Gasteiger partial charge in [0, 0.05) is 12.3 Å². The second kappa shape index (κ2) is 10.7. The van der Waals surface area contributed by atoms with Crippen molar-refractivity contribution in [2.75, 3.05) is 18.1 Å². The Morgan fingerprint density at radius 3 is 2.36 bits per heavy atom. The Kier molecular flexibility index (Phi) is 9.52. The van der Waals surface area contributed by atoms with E-state index in [-0.39, 0.29) is 69.8 Å². The number of carbonyl (C=O) groups excluding carboxylic acids is 4. The summed E-state index contributed by atoms with van der Waals surface area (Å²) in [7, 11) is 0. The third kappa shape index (κ3) is 8.55. The van der Waals surface area contributed by atoms with Gasteiger partial charge in [0.2, 0.25) is 11.8 Å². The number of likely N-dealkylation sites (tertiary alicyclic amines) is 1. The first-order valence-electron chi connectivity index (χ1n) is 9.68. The van der Waals surface area contributed by atoms with E-state index in [0.717, 1.165) is 6.42 Å². The van der Waals surface area contributed by atoms with E-state index >= 15 is 0 Å². The predicted molar refractivity (Wildman–Crippen MR) is 102 cm³/mol. The second-order valence-corrected chi connectivity index (χ2v) is 10.9. The molecule has 1 unspecified atom stereocenters. The van der Waals surface area contributed by atoms with Crippen LogP contribution in [0, 0.1) is 5.92 Å². The van der Waals surface area contributed by atoms with Gasteiger partial charge < -0.3 is 0 Å². The number of nitrogens with zero attached hydrogens (tertiary/aromatic N) is 1. The molecule has 28 heavy (non-hydrogen) atoms. The molecule has 0 aromatic heterocycles. The summed E-state index contributed by atoms with van der Waals surface area (Å²) < 4.78 is 6.15. The molecule has 7 nitrogen and oxygen atoms in total. The normalized spacial score (nSPS) is 18.1. The van der Waals surface area contributed by atoms with Crippen molar-refractivity contribution in [3.63, 3.8) is 0 Å². The fourth-order valence-electron chi connectivity index (χ4n) is 2.99. The Balaban J connectivity index is 2.39. The molecule has 1 saturated heterocycles. The van der Waals surface area contributed by atoms with Crippen LogP contribution in [0.2, 0.25) is 0 Å². The summed E-state index contributed by atoms with van der Waals surface area (Å²) in [4.78, 5) is 50.6. The molecule has 0 aromatic carbocycles. The molecule has 1 atom stereocenters. The van der Waals surface area contributed by atoms with Crippen molar-refractivity contribution in [3.8, 4) is 0 Å². The molecular weight excluding hydrogens is 475 g/mol. The van der Waals surface area contributed by atoms with Gasteiger partial charge in [0.05, 0.1) is 0 Å². The fourth-order valence-corrected chi connectivity index (χ4v) is 3.75. The van der Waals surface area contributed by atoms with E-state index in [9.17, 15) is 19.2 Å². The van der Waals surface area contributed by atoms with Gasteiger partial charge >= 0.3 is 133 Å². The van der Waals surface area contributed by atoms with Gasteiger partial charge in [-0.25, -0.2) is 0 Å². The van der Waals surface area contributed by atoms with Crippen molar-refractivity contribution in [1.82, 2.24) is 10.2 Å². The van der Waals surface area contributed by atoms with Crippen LogP contribution in [0.5, 0.6) is 0 Å². The third-order valence-corrected chi connectivity index (χ3v) is 6.61. The van der Waals surface area contributed by atoms with Crippen LogP contribution in [0.25, 0.3) is 0 Å². The first-order valence-corrected chi connectivity index (χ1v) is 12.9. The molecule has 8 heteroatoms. The number of amides is 3. The molecule has 162 valence electrons. The SMILES string of the molecule is C[I-]C(=O)CCOC(C)(C)CCC(C)(C)NC(=O)CCN1C(=O)CC(C)C1=O. The minimum Gasteiger partial charge on any atom is -0.282 e. The Morgan fingerprint density at radius 1 is 1.18 bits per heavy atom. The summed E-state index contributed by atoms with van der Waals surface area (Å²) in [6.45, 7) is 10.2. The zero-order chi connectivity index (χ0) is 21.5. The van der Waals surface area contributed by atoms with Gasteiger partial charge in [0.15, 0.2) is 0 Å². The van der Waals surface area contributed by atoms with Crippen LogP contribution in [-0.4, -0.2) is 55.6 Å². The van der Waals surface area contributed by atoms with Crippen molar-refractivity contribution in [2.24, 2.45) is 5.92 Å². The Hall–Kier alpha value is -1.03. The summed E-state index contributed by atoms with van der Waals surface area (Å²) in [5.41, 5.74) is -0.812. The molecule has 1 rings (SSSR count). The minimum absolute atomic E-state index is 0.107. The van der Waals surface area contributed by atoms with Crippen molar-refractivity contribution in [2.45, 2.75) is 77.9 Å². The van der Waals surface area contributed by atoms with Crippen LogP contribution in [0.15, 0.2) is 0 Å². The van der Waals surface area contributed by atoms with E-state index < -0.39 is 5.54 Å². The number of ether oxygens (including phenoxy) is 1. The smallest absolute Gasteiger partial charge is 0.282 e. The Morgan fingerprint density at radius 2 is 1.82 bits per heavy atom. The molecule has 0 aliphatic carbocycles. The number of hydrogen-bond donors (Lipinski definition) is 1. The molecule has 3 amide bonds. The number of halogens is 1. The van der Waals surface area contributed by atoms with E-state index in [1.165, 1.54) is 4.90 Å². The maximum atomic E-state index is 12.3. The van der Waals surface area contributed by atoms with Gasteiger partial charge in [-0.2, -0.15) is 0 Å². The zero-order valence-corrected chi connectivity index (χ0v) is 20.1. The Bertz CT molecular complexity index is 603. The summed E-state index contributed by atoms with van der Waals surface area (Å²) >= 11 is -0.370. The standard InChI is InChI=1S/C20H34IN2O5/c1-14-13-17(26)23(18(14)27)11-7-16(25)22-19(2,3)9-10-20(4,5)28-12-8-15(24)21-6/h14H,7-13H2,1-6H3,(H,22,25)/q-1. The van der Waals surface area contributed by atoms with Crippen molar-refractivity contribution in [3.05, 3.63) is 0 Å². The fraction of sp³-hybridized carbons (Fsp3) is 0.800. The summed E-state index contributed by atoms with van der Waals surface area (Å²) in [6, 6.07) is 0. The van der Waals surface area contributed by atoms with Crippen molar-refractivity contribution in [1.29, 1.82) is 0 Å². The zero-order valence-electron chi connectivity index (χ0n) is 17.9. The van der Waals surface area contributed by atoms with E-state index in [1.807, 2.05) is 32.6 Å². The monoisotopic (exact) mass is 509 g/mol. The molecule has 0 spiro atoms. The quantitative estimate of drug-likeness (QED) is 0.156. The summed E-state index contributed by atoms with van der Waals surface area (Å²) in [5.74, 6) is -0.864. The molecule has 0 bridgehead atoms. The van der Waals surface area contributed by atoms with Gasteiger partial charge in [0.1, 0.15) is 0 Å². The topological polar surface area (TPSA) is 92.8 Å². The van der Waals surface area contributed by atoms with E-state index in [1.54, 1.807) is 6.92 Å². The molecule has 0 saturated carbocycles. The van der Waals surface area contributed by atoms with Crippen LogP contribution in [0.3, 0.4) is 0 Å². The molecule has 0 aromatic rings. The number of alkyl halides is 1. The maximum absolute atomic E-state index is 12.3. The van der Waals surface area contributed by atoms with Crippen LogP contribution >= 0.6 is 0 Å². The average molecular weight is 509 g/mol. The molecular formula is C20H34IN2O5-. The summed E-state index contributed by atoms with van der Waals surface area (Å²) in [6.07, 6.45) is 2.25. The van der Waals surface area contributed by atoms with Gasteiger partial charge in [-0.05, 0) is 0 Å². The second-order valence-electron chi connectivity index (χ2n) is 8.57. The molecule has 1 N–H and O–H groups in total. The molecule has 1 aliphatic rings. The molecule has 1 fully saturated rings. The number of nitrogens with one attached hydrogen (secondary N) is 1. The number of imide groups is 1. The number of hydrogen-bond acceptors (Lipinski definition) is 5. The van der Waals surface area contributed by atoms with Crippen molar-refractivity contribution < 1.29 is 45.1 Å². The number of rotatable bonds is 12. The van der Waals surface area contributed by atoms with Crippen LogP contribution in [0.1, 0.15) is 66.7 Å². The first kappa shape index (κ1) is 25.0. The molecule has 1 aliphatic heterocycles. The van der Waals surface area contributed by atoms with Gasteiger partial charge in [-0.1, -0.05) is 6.92 Å². The van der Waals surface area contributed by atoms with Crippen LogP contribution in [0.4, 0.5) is 0 Å². The van der Waals surface area contributed by atoms with Gasteiger partial charge in [-0.3, -0.25) is 14.5 Å². The predicted octanol–water partition coefficient (Wildman–Crippen LogP) is -1.12. The molecule has 0 radical (unpaired) electrons. The van der Waals surface area contributed by atoms with Crippen molar-refractivity contribution >= 4 is 21.5 Å². The van der Waals surface area contributed by atoms with Crippen LogP contribution < -0.4 is 26.5 Å².